The summed E-state index contributed by atoms with van der Waals surface area (Å²) in [6.45, 7) is 0. The molecule has 0 aliphatic rings. The topological polar surface area (TPSA) is 43.8 Å². The molecule has 96 valence electrons. The van der Waals surface area contributed by atoms with Crippen molar-refractivity contribution >= 4 is 39.9 Å². The number of aromatic nitrogens is 2. The molecule has 0 radical (unpaired) electrons. The van der Waals surface area contributed by atoms with Crippen LogP contribution in [0.3, 0.4) is 0 Å². The summed E-state index contributed by atoms with van der Waals surface area (Å²) in [6.07, 6.45) is 0. The van der Waals surface area contributed by atoms with Crippen LogP contribution in [0.15, 0.2) is 36.4 Å². The monoisotopic (exact) mass is 291 g/mol. The lowest BCUT2D eigenvalue weighted by molar-refractivity contribution is 0.960. The van der Waals surface area contributed by atoms with Crippen LogP contribution in [-0.2, 0) is 7.05 Å². The molecule has 5 heteroatoms. The highest BCUT2D eigenvalue weighted by Crippen LogP contribution is 2.32. The fourth-order valence-corrected chi connectivity index (χ4v) is 2.65. The van der Waals surface area contributed by atoms with E-state index >= 15 is 0 Å². The number of hydrogen-bond donors (Lipinski definition) is 1. The minimum absolute atomic E-state index is 0.627. The number of para-hydroxylation sites is 1. The van der Waals surface area contributed by atoms with Gasteiger partial charge in [-0.1, -0.05) is 29.3 Å². The van der Waals surface area contributed by atoms with E-state index in [2.05, 4.69) is 4.98 Å². The first-order valence-electron chi connectivity index (χ1n) is 5.74. The van der Waals surface area contributed by atoms with Gasteiger partial charge in [-0.3, -0.25) is 0 Å². The maximum absolute atomic E-state index is 6.22. The third-order valence-corrected chi connectivity index (χ3v) is 3.64. The number of imidazole rings is 1. The molecule has 3 nitrogen and oxygen atoms in total. The zero-order valence-electron chi connectivity index (χ0n) is 10.2. The van der Waals surface area contributed by atoms with Gasteiger partial charge < -0.3 is 10.3 Å². The maximum Gasteiger partial charge on any atom is 0.143 e. The highest BCUT2D eigenvalue weighted by atomic mass is 35.5. The second-order valence-electron chi connectivity index (χ2n) is 4.33. The molecular weight excluding hydrogens is 281 g/mol. The van der Waals surface area contributed by atoms with Crippen LogP contribution in [0, 0.1) is 0 Å². The normalized spacial score (nSPS) is 11.1. The lowest BCUT2D eigenvalue weighted by Gasteiger charge is -2.06. The molecule has 0 atom stereocenters. The second kappa shape index (κ2) is 4.44. The van der Waals surface area contributed by atoms with E-state index in [-0.39, 0.29) is 0 Å². The standard InChI is InChI=1S/C14H11Cl2N3/c1-19-13-10(16)3-2-4-12(13)18-14(19)9-7-8(15)5-6-11(9)17/h2-7H,17H2,1H3. The predicted molar refractivity (Wildman–Crippen MR) is 80.6 cm³/mol. The number of aryl methyl sites for hydroxylation is 1. The number of anilines is 1. The Morgan fingerprint density at radius 1 is 1.16 bits per heavy atom. The molecule has 3 rings (SSSR count). The number of benzene rings is 2. The number of nitrogens with two attached hydrogens (primary N) is 1. The summed E-state index contributed by atoms with van der Waals surface area (Å²) in [6, 6.07) is 11.0. The summed E-state index contributed by atoms with van der Waals surface area (Å²) in [5.41, 5.74) is 9.18. The van der Waals surface area contributed by atoms with Gasteiger partial charge in [0, 0.05) is 23.3 Å². The molecule has 0 saturated carbocycles. The van der Waals surface area contributed by atoms with Gasteiger partial charge in [-0.25, -0.2) is 4.98 Å². The van der Waals surface area contributed by atoms with Gasteiger partial charge in [-0.15, -0.1) is 0 Å². The lowest BCUT2D eigenvalue weighted by atomic mass is 10.1. The molecule has 19 heavy (non-hydrogen) atoms. The summed E-state index contributed by atoms with van der Waals surface area (Å²) >= 11 is 12.2. The number of hydrogen-bond acceptors (Lipinski definition) is 2. The molecule has 2 aromatic carbocycles. The van der Waals surface area contributed by atoms with E-state index < -0.39 is 0 Å². The average molecular weight is 292 g/mol. The van der Waals surface area contributed by atoms with Gasteiger partial charge >= 0.3 is 0 Å². The number of rotatable bonds is 1. The molecule has 0 fully saturated rings. The minimum atomic E-state index is 0.627. The zero-order valence-corrected chi connectivity index (χ0v) is 11.7. The van der Waals surface area contributed by atoms with E-state index in [4.69, 9.17) is 28.9 Å². The fraction of sp³-hybridized carbons (Fsp3) is 0.0714. The van der Waals surface area contributed by atoms with E-state index in [1.807, 2.05) is 35.9 Å². The van der Waals surface area contributed by atoms with Crippen molar-refractivity contribution < 1.29 is 0 Å². The van der Waals surface area contributed by atoms with Crippen molar-refractivity contribution in [1.82, 2.24) is 9.55 Å². The van der Waals surface area contributed by atoms with Gasteiger partial charge in [0.15, 0.2) is 0 Å². The molecule has 0 amide bonds. The summed E-state index contributed by atoms with van der Waals surface area (Å²) < 4.78 is 1.93. The van der Waals surface area contributed by atoms with Crippen LogP contribution in [0.2, 0.25) is 10.0 Å². The van der Waals surface area contributed by atoms with Gasteiger partial charge in [-0.05, 0) is 30.3 Å². The molecule has 1 aromatic heterocycles. The Hall–Kier alpha value is -1.71. The van der Waals surface area contributed by atoms with Crippen LogP contribution < -0.4 is 5.73 Å². The van der Waals surface area contributed by atoms with Gasteiger partial charge in [0.2, 0.25) is 0 Å². The van der Waals surface area contributed by atoms with Crippen LogP contribution in [0.5, 0.6) is 0 Å². The van der Waals surface area contributed by atoms with Crippen molar-refractivity contribution in [3.05, 3.63) is 46.4 Å². The van der Waals surface area contributed by atoms with Crippen LogP contribution >= 0.6 is 23.2 Å². The fourth-order valence-electron chi connectivity index (χ4n) is 2.18. The summed E-state index contributed by atoms with van der Waals surface area (Å²) in [4.78, 5) is 4.59. The number of fused-ring (bicyclic) bond motifs is 1. The highest BCUT2D eigenvalue weighted by Gasteiger charge is 2.14. The third-order valence-electron chi connectivity index (χ3n) is 3.10. The van der Waals surface area contributed by atoms with Crippen molar-refractivity contribution in [1.29, 1.82) is 0 Å². The van der Waals surface area contributed by atoms with E-state index in [1.165, 1.54) is 0 Å². The van der Waals surface area contributed by atoms with Gasteiger partial charge in [-0.2, -0.15) is 0 Å². The van der Waals surface area contributed by atoms with Gasteiger partial charge in [0.05, 0.1) is 16.1 Å². The Balaban J connectivity index is 2.34. The average Bonchev–Trinajstić information content (AvgIpc) is 2.71. The first kappa shape index (κ1) is 12.3. The first-order valence-corrected chi connectivity index (χ1v) is 6.50. The van der Waals surface area contributed by atoms with Crippen LogP contribution in [0.1, 0.15) is 0 Å². The van der Waals surface area contributed by atoms with E-state index in [0.717, 1.165) is 22.4 Å². The molecule has 0 bridgehead atoms. The first-order chi connectivity index (χ1) is 9.08. The lowest BCUT2D eigenvalue weighted by Crippen LogP contribution is -1.97. The van der Waals surface area contributed by atoms with Crippen LogP contribution in [0.4, 0.5) is 5.69 Å². The summed E-state index contributed by atoms with van der Waals surface area (Å²) in [5.74, 6) is 0.753. The van der Waals surface area contributed by atoms with Crippen molar-refractivity contribution in [3.63, 3.8) is 0 Å². The Morgan fingerprint density at radius 3 is 2.68 bits per heavy atom. The van der Waals surface area contributed by atoms with Gasteiger partial charge in [0.25, 0.3) is 0 Å². The smallest absolute Gasteiger partial charge is 0.143 e. The van der Waals surface area contributed by atoms with Crippen LogP contribution in [0.25, 0.3) is 22.4 Å². The number of halogens is 2. The van der Waals surface area contributed by atoms with Crippen molar-refractivity contribution in [2.45, 2.75) is 0 Å². The highest BCUT2D eigenvalue weighted by molar-refractivity contribution is 6.35. The Morgan fingerprint density at radius 2 is 1.95 bits per heavy atom. The molecule has 0 saturated heterocycles. The third kappa shape index (κ3) is 1.95. The maximum atomic E-state index is 6.22. The molecule has 0 aliphatic heterocycles. The molecular formula is C14H11Cl2N3. The Bertz CT molecular complexity index is 778. The molecule has 0 aliphatic carbocycles. The molecule has 0 spiro atoms. The molecule has 0 unspecified atom stereocenters. The molecule has 3 aromatic rings. The number of nitrogen functional groups attached to an aromatic ring is 1. The quantitative estimate of drug-likeness (QED) is 0.685. The summed E-state index contributed by atoms with van der Waals surface area (Å²) in [5, 5.41) is 1.29. The second-order valence-corrected chi connectivity index (χ2v) is 5.18. The Labute approximate surface area is 120 Å². The Kier molecular flexibility index (Phi) is 2.88. The van der Waals surface area contributed by atoms with Crippen molar-refractivity contribution in [2.24, 2.45) is 7.05 Å². The van der Waals surface area contributed by atoms with E-state index in [0.29, 0.717) is 15.7 Å². The molecule has 1 heterocycles. The SMILES string of the molecule is Cn1c(-c2cc(Cl)ccc2N)nc2cccc(Cl)c21. The van der Waals surface area contributed by atoms with Crippen molar-refractivity contribution in [3.8, 4) is 11.4 Å². The zero-order chi connectivity index (χ0) is 13.6. The largest absolute Gasteiger partial charge is 0.398 e. The van der Waals surface area contributed by atoms with E-state index in [9.17, 15) is 0 Å². The van der Waals surface area contributed by atoms with E-state index in [1.54, 1.807) is 12.1 Å². The van der Waals surface area contributed by atoms with Gasteiger partial charge in [0.1, 0.15) is 5.82 Å². The van der Waals surface area contributed by atoms with Crippen LogP contribution in [-0.4, -0.2) is 9.55 Å². The summed E-state index contributed by atoms with van der Waals surface area (Å²) in [7, 11) is 1.91. The van der Waals surface area contributed by atoms with Crippen molar-refractivity contribution in [2.75, 3.05) is 5.73 Å². The predicted octanol–water partition coefficient (Wildman–Crippen LogP) is 4.13. The minimum Gasteiger partial charge on any atom is -0.398 e. The molecule has 2 N–H and O–H groups in total. The number of nitrogens with zero attached hydrogens (tertiary/aromatic N) is 2.